The molecular weight excluding hydrogens is 298 g/mol. The van der Waals surface area contributed by atoms with E-state index in [1.165, 1.54) is 16.6 Å². The van der Waals surface area contributed by atoms with Crippen LogP contribution in [0, 0.1) is 20.8 Å². The Bertz CT molecular complexity index is 523. The van der Waals surface area contributed by atoms with Crippen molar-refractivity contribution in [1.29, 1.82) is 0 Å². The van der Waals surface area contributed by atoms with Gasteiger partial charge in [-0.2, -0.15) is 0 Å². The van der Waals surface area contributed by atoms with E-state index in [-0.39, 0.29) is 20.4 Å². The molecule has 1 heterocycles. The van der Waals surface area contributed by atoms with Crippen LogP contribution >= 0.6 is 0 Å². The van der Waals surface area contributed by atoms with Gasteiger partial charge in [0.15, 0.2) is 0 Å². The Morgan fingerprint density at radius 1 is 1.27 bits per heavy atom. The van der Waals surface area contributed by atoms with Crippen molar-refractivity contribution >= 4 is 29.3 Å². The van der Waals surface area contributed by atoms with Crippen LogP contribution in [0.4, 0.5) is 0 Å². The van der Waals surface area contributed by atoms with E-state index in [9.17, 15) is 0 Å². The molecule has 0 saturated heterocycles. The minimum atomic E-state index is -0.112. The summed E-state index contributed by atoms with van der Waals surface area (Å²) in [4.78, 5) is 0. The summed E-state index contributed by atoms with van der Waals surface area (Å²) in [6.07, 6.45) is 1.99. The number of rotatable bonds is 2. The molecular formula is C13H16NTe+. The first-order chi connectivity index (χ1) is 7.13. The Kier molecular flexibility index (Phi) is 3.00. The average molecular weight is 314 g/mol. The molecule has 0 atom stereocenters. The van der Waals surface area contributed by atoms with Gasteiger partial charge in [-0.3, -0.25) is 0 Å². The standard InChI is InChI=1S/C13H16NTe/c1-5-6-14-11(4)15-13-8-10(3)9(2)7-12(13)14/h5,7-8H,1,6H2,2-4H3/q+1. The van der Waals surface area contributed by atoms with Crippen molar-refractivity contribution in [2.24, 2.45) is 0 Å². The molecule has 0 bridgehead atoms. The molecule has 2 aromatic rings. The van der Waals surface area contributed by atoms with Crippen LogP contribution in [0.3, 0.4) is 0 Å². The summed E-state index contributed by atoms with van der Waals surface area (Å²) < 4.78 is 5.56. The molecule has 1 aromatic heterocycles. The maximum absolute atomic E-state index is 3.83. The Morgan fingerprint density at radius 2 is 1.93 bits per heavy atom. The zero-order valence-electron chi connectivity index (χ0n) is 9.50. The fourth-order valence-electron chi connectivity index (χ4n) is 1.81. The van der Waals surface area contributed by atoms with Crippen LogP contribution in [0.1, 0.15) is 14.8 Å². The Balaban J connectivity index is 2.75. The molecule has 78 valence electrons. The monoisotopic (exact) mass is 316 g/mol. The summed E-state index contributed by atoms with van der Waals surface area (Å²) in [5, 5.41) is 0. The van der Waals surface area contributed by atoms with Crippen molar-refractivity contribution in [3.8, 4) is 0 Å². The average Bonchev–Trinajstić information content (AvgIpc) is 2.46. The number of aryl methyl sites for hydroxylation is 3. The van der Waals surface area contributed by atoms with Crippen molar-refractivity contribution in [3.05, 3.63) is 39.6 Å². The van der Waals surface area contributed by atoms with Gasteiger partial charge in [0.2, 0.25) is 0 Å². The third kappa shape index (κ3) is 1.89. The van der Waals surface area contributed by atoms with Crippen molar-refractivity contribution in [1.82, 2.24) is 0 Å². The summed E-state index contributed by atoms with van der Waals surface area (Å²) >= 11 is -0.112. The molecule has 0 radical (unpaired) electrons. The predicted molar refractivity (Wildman–Crippen MR) is 65.5 cm³/mol. The van der Waals surface area contributed by atoms with Crippen molar-refractivity contribution in [2.75, 3.05) is 0 Å². The van der Waals surface area contributed by atoms with Crippen molar-refractivity contribution < 1.29 is 4.57 Å². The number of allylic oxidation sites excluding steroid dienone is 1. The minimum absolute atomic E-state index is 0.112. The first-order valence-corrected chi connectivity index (χ1v) is 7.47. The fraction of sp³-hybridized carbons (Fsp3) is 0.308. The fourth-order valence-corrected chi connectivity index (χ4v) is 4.98. The molecule has 0 spiro atoms. The second-order valence-corrected chi connectivity index (χ2v) is 7.45. The van der Waals surface area contributed by atoms with Gasteiger partial charge in [0.25, 0.3) is 0 Å². The second-order valence-electron chi connectivity index (χ2n) is 3.92. The Morgan fingerprint density at radius 3 is 2.60 bits per heavy atom. The van der Waals surface area contributed by atoms with Gasteiger partial charge in [-0.15, -0.1) is 0 Å². The van der Waals surface area contributed by atoms with Crippen molar-refractivity contribution in [2.45, 2.75) is 27.3 Å². The van der Waals surface area contributed by atoms with Crippen LogP contribution in [0.2, 0.25) is 0 Å². The van der Waals surface area contributed by atoms with Gasteiger partial charge in [0, 0.05) is 0 Å². The van der Waals surface area contributed by atoms with Gasteiger partial charge in [0.05, 0.1) is 0 Å². The Hall–Kier alpha value is -0.580. The van der Waals surface area contributed by atoms with Crippen molar-refractivity contribution in [3.63, 3.8) is 0 Å². The number of nitrogens with zero attached hydrogens (tertiary/aromatic N) is 1. The third-order valence-electron chi connectivity index (χ3n) is 2.82. The molecule has 0 fully saturated rings. The maximum atomic E-state index is 3.83. The molecule has 0 saturated carbocycles. The van der Waals surface area contributed by atoms with E-state index < -0.39 is 0 Å². The quantitative estimate of drug-likeness (QED) is 0.455. The molecule has 2 heteroatoms. The summed E-state index contributed by atoms with van der Waals surface area (Å²) in [6.45, 7) is 11.4. The zero-order valence-corrected chi connectivity index (χ0v) is 11.8. The molecule has 0 aliphatic heterocycles. The van der Waals surface area contributed by atoms with Crippen LogP contribution < -0.4 is 4.57 Å². The van der Waals surface area contributed by atoms with Crippen LogP contribution in [-0.2, 0) is 6.54 Å². The summed E-state index contributed by atoms with van der Waals surface area (Å²) in [7, 11) is 0. The molecule has 0 aliphatic rings. The molecule has 15 heavy (non-hydrogen) atoms. The Labute approximate surface area is 101 Å². The van der Waals surface area contributed by atoms with E-state index in [1.54, 1.807) is 7.11 Å². The van der Waals surface area contributed by atoms with E-state index in [0.717, 1.165) is 6.54 Å². The summed E-state index contributed by atoms with van der Waals surface area (Å²) in [5.74, 6) is 0. The van der Waals surface area contributed by atoms with E-state index in [1.807, 2.05) is 6.08 Å². The molecule has 0 aliphatic carbocycles. The van der Waals surface area contributed by atoms with Crippen LogP contribution in [-0.4, -0.2) is 20.4 Å². The van der Waals surface area contributed by atoms with Gasteiger partial charge in [-0.25, -0.2) is 0 Å². The zero-order chi connectivity index (χ0) is 11.0. The third-order valence-corrected chi connectivity index (χ3v) is 5.85. The van der Waals surface area contributed by atoms with Crippen LogP contribution in [0.15, 0.2) is 24.8 Å². The topological polar surface area (TPSA) is 3.88 Å². The van der Waals surface area contributed by atoms with Gasteiger partial charge < -0.3 is 0 Å². The number of hydrogen-bond acceptors (Lipinski definition) is 0. The van der Waals surface area contributed by atoms with E-state index >= 15 is 0 Å². The number of hydrogen-bond donors (Lipinski definition) is 0. The van der Waals surface area contributed by atoms with E-state index in [2.05, 4.69) is 44.0 Å². The van der Waals surface area contributed by atoms with Crippen LogP contribution in [0.5, 0.6) is 0 Å². The van der Waals surface area contributed by atoms with Gasteiger partial charge >= 0.3 is 101 Å². The number of aromatic nitrogens is 1. The molecule has 0 unspecified atom stereocenters. The van der Waals surface area contributed by atoms with Gasteiger partial charge in [-0.05, 0) is 0 Å². The van der Waals surface area contributed by atoms with Gasteiger partial charge in [-0.1, -0.05) is 0 Å². The molecule has 0 N–H and O–H groups in total. The SMILES string of the molecule is C=CC[n+]1c(C)[te]c2cc(C)c(C)cc21. The molecule has 1 aromatic carbocycles. The molecule has 1 nitrogen and oxygen atoms in total. The van der Waals surface area contributed by atoms with E-state index in [0.29, 0.717) is 0 Å². The first kappa shape index (κ1) is 10.9. The number of fused-ring (bicyclic) bond motifs is 1. The summed E-state index contributed by atoms with van der Waals surface area (Å²) in [5.41, 5.74) is 4.25. The number of benzene rings is 1. The molecule has 2 rings (SSSR count). The molecule has 0 amide bonds. The predicted octanol–water partition coefficient (Wildman–Crippen LogP) is 2.30. The second kappa shape index (κ2) is 4.12. The van der Waals surface area contributed by atoms with E-state index in [4.69, 9.17) is 0 Å². The van der Waals surface area contributed by atoms with Gasteiger partial charge in [0.1, 0.15) is 0 Å². The first-order valence-electron chi connectivity index (χ1n) is 5.14. The van der Waals surface area contributed by atoms with Crippen LogP contribution in [0.25, 0.3) is 8.92 Å². The normalized spacial score (nSPS) is 10.9. The summed E-state index contributed by atoms with van der Waals surface area (Å²) in [6, 6.07) is 4.70.